The molecule has 6 heteroatoms. The van der Waals surface area contributed by atoms with Gasteiger partial charge in [0.25, 0.3) is 5.91 Å². The highest BCUT2D eigenvalue weighted by molar-refractivity contribution is 5.94. The van der Waals surface area contributed by atoms with E-state index in [1.807, 2.05) is 36.4 Å². The van der Waals surface area contributed by atoms with Crippen molar-refractivity contribution in [3.63, 3.8) is 0 Å². The second-order valence-corrected chi connectivity index (χ2v) is 7.30. The van der Waals surface area contributed by atoms with Gasteiger partial charge in [-0.2, -0.15) is 0 Å². The van der Waals surface area contributed by atoms with Crippen molar-refractivity contribution in [3.8, 4) is 5.75 Å². The third kappa shape index (κ3) is 4.78. The smallest absolute Gasteiger partial charge is 0.251 e. The van der Waals surface area contributed by atoms with Crippen LogP contribution >= 0.6 is 0 Å². The Labute approximate surface area is 176 Å². The maximum atomic E-state index is 12.7. The summed E-state index contributed by atoms with van der Waals surface area (Å²) in [7, 11) is 1.64. The summed E-state index contributed by atoms with van der Waals surface area (Å²) in [4.78, 5) is 19.4. The van der Waals surface area contributed by atoms with Crippen LogP contribution in [0.5, 0.6) is 5.75 Å². The first-order valence-electron chi connectivity index (χ1n) is 10.1. The van der Waals surface area contributed by atoms with E-state index < -0.39 is 0 Å². The second-order valence-electron chi connectivity index (χ2n) is 7.30. The van der Waals surface area contributed by atoms with Gasteiger partial charge in [0.15, 0.2) is 0 Å². The molecule has 0 radical (unpaired) electrons. The molecule has 1 aliphatic heterocycles. The fourth-order valence-electron chi connectivity index (χ4n) is 3.63. The third-order valence-corrected chi connectivity index (χ3v) is 5.32. The summed E-state index contributed by atoms with van der Waals surface area (Å²) in [6.07, 6.45) is 1.71. The maximum absolute atomic E-state index is 12.7. The van der Waals surface area contributed by atoms with Gasteiger partial charge in [0.1, 0.15) is 11.6 Å². The molecule has 0 saturated carbocycles. The molecule has 1 atom stereocenters. The lowest BCUT2D eigenvalue weighted by molar-refractivity contribution is 0.0951. The van der Waals surface area contributed by atoms with E-state index in [0.29, 0.717) is 12.1 Å². The van der Waals surface area contributed by atoms with E-state index in [9.17, 15) is 4.79 Å². The molecule has 1 aliphatic rings. The average Bonchev–Trinajstić information content (AvgIpc) is 2.83. The zero-order valence-electron chi connectivity index (χ0n) is 17.0. The normalized spacial score (nSPS) is 16.2. The van der Waals surface area contributed by atoms with Crippen LogP contribution in [0.4, 0.5) is 5.82 Å². The summed E-state index contributed by atoms with van der Waals surface area (Å²) in [5, 5.41) is 6.54. The quantitative estimate of drug-likeness (QED) is 0.663. The molecule has 2 N–H and O–H groups in total. The molecule has 154 valence electrons. The number of hydrogen-bond acceptors (Lipinski definition) is 5. The summed E-state index contributed by atoms with van der Waals surface area (Å²) in [5.41, 5.74) is 2.89. The van der Waals surface area contributed by atoms with Crippen LogP contribution in [0.25, 0.3) is 0 Å². The third-order valence-electron chi connectivity index (χ3n) is 5.32. The van der Waals surface area contributed by atoms with Crippen molar-refractivity contribution >= 4 is 11.7 Å². The molecular weight excluding hydrogens is 376 g/mol. The van der Waals surface area contributed by atoms with Gasteiger partial charge in [-0.3, -0.25) is 4.79 Å². The molecule has 1 amide bonds. The standard InChI is InChI=1S/C24H26N4O2/c1-30-21-9-7-18(8-10-21)16-27-24(29)20-11-12-26-23(15-20)28-14-13-25-22(17-28)19-5-3-2-4-6-19/h2-12,15,22,25H,13-14,16-17H2,1H3,(H,27,29)/t22-/m0/s1. The highest BCUT2D eigenvalue weighted by atomic mass is 16.5. The first kappa shape index (κ1) is 19.9. The number of pyridine rings is 1. The van der Waals surface area contributed by atoms with Crippen LogP contribution in [0.15, 0.2) is 72.9 Å². The SMILES string of the molecule is COc1ccc(CNC(=O)c2ccnc(N3CCN[C@H](c4ccccc4)C3)c2)cc1. The Morgan fingerprint density at radius 2 is 1.97 bits per heavy atom. The van der Waals surface area contributed by atoms with Gasteiger partial charge < -0.3 is 20.3 Å². The van der Waals surface area contributed by atoms with Crippen LogP contribution in [0.1, 0.15) is 27.5 Å². The number of amides is 1. The van der Waals surface area contributed by atoms with Crippen molar-refractivity contribution in [2.75, 3.05) is 31.6 Å². The van der Waals surface area contributed by atoms with Crippen LogP contribution in [-0.2, 0) is 6.54 Å². The number of nitrogens with zero attached hydrogens (tertiary/aromatic N) is 2. The molecular formula is C24H26N4O2. The first-order valence-corrected chi connectivity index (χ1v) is 10.1. The van der Waals surface area contributed by atoms with E-state index in [-0.39, 0.29) is 11.9 Å². The molecule has 0 bridgehead atoms. The Hall–Kier alpha value is -3.38. The number of rotatable bonds is 6. The van der Waals surface area contributed by atoms with E-state index in [2.05, 4.69) is 44.8 Å². The molecule has 4 rings (SSSR count). The number of aromatic nitrogens is 1. The molecule has 3 aromatic rings. The van der Waals surface area contributed by atoms with Gasteiger partial charge in [-0.15, -0.1) is 0 Å². The van der Waals surface area contributed by atoms with Crippen LogP contribution < -0.4 is 20.3 Å². The highest BCUT2D eigenvalue weighted by Gasteiger charge is 2.22. The van der Waals surface area contributed by atoms with Gasteiger partial charge in [-0.05, 0) is 35.4 Å². The van der Waals surface area contributed by atoms with Gasteiger partial charge in [-0.25, -0.2) is 4.98 Å². The molecule has 6 nitrogen and oxygen atoms in total. The largest absolute Gasteiger partial charge is 0.497 e. The van der Waals surface area contributed by atoms with Crippen molar-refractivity contribution in [1.29, 1.82) is 0 Å². The predicted octanol–water partition coefficient (Wildman–Crippen LogP) is 3.17. The monoisotopic (exact) mass is 402 g/mol. The molecule has 2 aromatic carbocycles. The van der Waals surface area contributed by atoms with Gasteiger partial charge >= 0.3 is 0 Å². The van der Waals surface area contributed by atoms with Crippen LogP contribution in [0.2, 0.25) is 0 Å². The Balaban J connectivity index is 1.40. The molecule has 1 aromatic heterocycles. The number of carbonyl (C=O) groups is 1. The number of nitrogens with one attached hydrogen (secondary N) is 2. The summed E-state index contributed by atoms with van der Waals surface area (Å²) >= 11 is 0. The number of piperazine rings is 1. The molecule has 30 heavy (non-hydrogen) atoms. The summed E-state index contributed by atoms with van der Waals surface area (Å²) in [6, 6.07) is 22.0. The molecule has 0 unspecified atom stereocenters. The molecule has 0 spiro atoms. The topological polar surface area (TPSA) is 66.5 Å². The molecule has 2 heterocycles. The van der Waals surface area contributed by atoms with Gasteiger partial charge in [0.05, 0.1) is 7.11 Å². The van der Waals surface area contributed by atoms with Gasteiger partial charge in [0.2, 0.25) is 0 Å². The minimum atomic E-state index is -0.107. The van der Waals surface area contributed by atoms with E-state index in [0.717, 1.165) is 36.8 Å². The van der Waals surface area contributed by atoms with Crippen molar-refractivity contribution in [3.05, 3.63) is 89.6 Å². The lowest BCUT2D eigenvalue weighted by Crippen LogP contribution is -2.46. The fraction of sp³-hybridized carbons (Fsp3) is 0.250. The van der Waals surface area contributed by atoms with Crippen molar-refractivity contribution in [1.82, 2.24) is 15.6 Å². The fourth-order valence-corrected chi connectivity index (χ4v) is 3.63. The number of benzene rings is 2. The second kappa shape index (κ2) is 9.41. The van der Waals surface area contributed by atoms with E-state index >= 15 is 0 Å². The summed E-state index contributed by atoms with van der Waals surface area (Å²) < 4.78 is 5.17. The predicted molar refractivity (Wildman–Crippen MR) is 118 cm³/mol. The zero-order valence-corrected chi connectivity index (χ0v) is 17.0. The zero-order chi connectivity index (χ0) is 20.8. The lowest BCUT2D eigenvalue weighted by Gasteiger charge is -2.34. The highest BCUT2D eigenvalue weighted by Crippen LogP contribution is 2.21. The number of hydrogen-bond donors (Lipinski definition) is 2. The van der Waals surface area contributed by atoms with Crippen molar-refractivity contribution in [2.45, 2.75) is 12.6 Å². The van der Waals surface area contributed by atoms with Crippen molar-refractivity contribution < 1.29 is 9.53 Å². The molecule has 1 fully saturated rings. The van der Waals surface area contributed by atoms with E-state index in [1.54, 1.807) is 19.4 Å². The van der Waals surface area contributed by atoms with Crippen LogP contribution in [0, 0.1) is 0 Å². The van der Waals surface area contributed by atoms with Gasteiger partial charge in [0, 0.05) is 44.0 Å². The Kier molecular flexibility index (Phi) is 6.25. The van der Waals surface area contributed by atoms with Crippen LogP contribution in [-0.4, -0.2) is 37.6 Å². The molecule has 1 saturated heterocycles. The van der Waals surface area contributed by atoms with E-state index in [4.69, 9.17) is 4.74 Å². The Morgan fingerprint density at radius 1 is 1.17 bits per heavy atom. The van der Waals surface area contributed by atoms with Crippen LogP contribution in [0.3, 0.4) is 0 Å². The number of ether oxygens (including phenoxy) is 1. The lowest BCUT2D eigenvalue weighted by atomic mass is 10.0. The number of carbonyl (C=O) groups excluding carboxylic acids is 1. The Morgan fingerprint density at radius 3 is 2.73 bits per heavy atom. The van der Waals surface area contributed by atoms with Gasteiger partial charge in [-0.1, -0.05) is 42.5 Å². The first-order chi connectivity index (χ1) is 14.7. The minimum Gasteiger partial charge on any atom is -0.497 e. The van der Waals surface area contributed by atoms with Crippen molar-refractivity contribution in [2.24, 2.45) is 0 Å². The summed E-state index contributed by atoms with van der Waals surface area (Å²) in [6.45, 7) is 3.00. The van der Waals surface area contributed by atoms with E-state index in [1.165, 1.54) is 5.56 Å². The maximum Gasteiger partial charge on any atom is 0.251 e. The molecule has 0 aliphatic carbocycles. The Bertz CT molecular complexity index is 976. The number of methoxy groups -OCH3 is 1. The summed E-state index contributed by atoms with van der Waals surface area (Å²) in [5.74, 6) is 1.52. The minimum absolute atomic E-state index is 0.107. The average molecular weight is 402 g/mol. The number of anilines is 1.